The van der Waals surface area contributed by atoms with Gasteiger partial charge in [-0.1, -0.05) is 36.4 Å². The molecule has 0 atom stereocenters. The van der Waals surface area contributed by atoms with Gasteiger partial charge in [-0.15, -0.1) is 0 Å². The van der Waals surface area contributed by atoms with Gasteiger partial charge in [-0.3, -0.25) is 14.5 Å². The third kappa shape index (κ3) is 4.08. The van der Waals surface area contributed by atoms with E-state index in [1.165, 1.54) is 16.5 Å². The summed E-state index contributed by atoms with van der Waals surface area (Å²) in [6.07, 6.45) is 3.49. The largest absolute Gasteiger partial charge is 0.347 e. The average molecular weight is 417 g/mol. The summed E-state index contributed by atoms with van der Waals surface area (Å²) in [5.74, 6) is 0.349. The second kappa shape index (κ2) is 8.55. The second-order valence-corrected chi connectivity index (χ2v) is 8.40. The summed E-state index contributed by atoms with van der Waals surface area (Å²) >= 11 is 0. The van der Waals surface area contributed by atoms with E-state index >= 15 is 0 Å². The number of hydrogen-bond acceptors (Lipinski definition) is 3. The quantitative estimate of drug-likeness (QED) is 0.643. The normalized spacial score (nSPS) is 16.6. The molecular formula is C25H28N4O2. The number of benzene rings is 2. The number of aryl methyl sites for hydroxylation is 1. The Balaban J connectivity index is 1.10. The highest BCUT2D eigenvalue weighted by molar-refractivity contribution is 5.96. The number of fused-ring (bicyclic) bond motifs is 2. The summed E-state index contributed by atoms with van der Waals surface area (Å²) in [6.45, 7) is 4.76. The van der Waals surface area contributed by atoms with Crippen LogP contribution in [0.4, 0.5) is 5.69 Å². The molecule has 1 aromatic heterocycles. The monoisotopic (exact) mass is 416 g/mol. The van der Waals surface area contributed by atoms with Crippen molar-refractivity contribution in [3.05, 3.63) is 66.4 Å². The molecule has 2 aliphatic heterocycles. The van der Waals surface area contributed by atoms with E-state index in [-0.39, 0.29) is 11.8 Å². The Bertz CT molecular complexity index is 1100. The van der Waals surface area contributed by atoms with Crippen molar-refractivity contribution in [2.75, 3.05) is 44.2 Å². The number of piperazine rings is 1. The Morgan fingerprint density at radius 1 is 0.806 bits per heavy atom. The zero-order valence-corrected chi connectivity index (χ0v) is 17.7. The van der Waals surface area contributed by atoms with Crippen LogP contribution in [0.2, 0.25) is 0 Å². The van der Waals surface area contributed by atoms with E-state index in [0.717, 1.165) is 31.7 Å². The molecule has 2 aliphatic rings. The van der Waals surface area contributed by atoms with Gasteiger partial charge in [0, 0.05) is 63.1 Å². The molecule has 0 bridgehead atoms. The Morgan fingerprint density at radius 3 is 2.45 bits per heavy atom. The minimum Gasteiger partial charge on any atom is -0.347 e. The Morgan fingerprint density at radius 2 is 1.58 bits per heavy atom. The van der Waals surface area contributed by atoms with E-state index in [4.69, 9.17) is 0 Å². The number of aromatic nitrogens is 1. The first-order valence-electron chi connectivity index (χ1n) is 11.1. The first kappa shape index (κ1) is 19.8. The number of hydrogen-bond donors (Lipinski definition) is 0. The van der Waals surface area contributed by atoms with Crippen molar-refractivity contribution in [2.45, 2.75) is 19.4 Å². The van der Waals surface area contributed by atoms with Crippen LogP contribution in [-0.4, -0.2) is 65.4 Å². The fourth-order valence-electron chi connectivity index (χ4n) is 4.74. The molecule has 6 nitrogen and oxygen atoms in total. The number of rotatable bonds is 5. The van der Waals surface area contributed by atoms with Crippen LogP contribution in [0, 0.1) is 0 Å². The van der Waals surface area contributed by atoms with Gasteiger partial charge in [0.15, 0.2) is 0 Å². The first-order valence-corrected chi connectivity index (χ1v) is 11.1. The van der Waals surface area contributed by atoms with Gasteiger partial charge in [-0.05, 0) is 35.6 Å². The van der Waals surface area contributed by atoms with Gasteiger partial charge in [0.2, 0.25) is 11.8 Å². The van der Waals surface area contributed by atoms with Crippen LogP contribution < -0.4 is 4.90 Å². The lowest BCUT2D eigenvalue weighted by molar-refractivity contribution is -0.133. The lowest BCUT2D eigenvalue weighted by atomic mass is 10.2. The molecule has 1 fully saturated rings. The van der Waals surface area contributed by atoms with Crippen LogP contribution in [0.25, 0.3) is 10.9 Å². The van der Waals surface area contributed by atoms with E-state index in [9.17, 15) is 9.59 Å². The van der Waals surface area contributed by atoms with Crippen molar-refractivity contribution in [1.82, 2.24) is 14.4 Å². The SMILES string of the molecule is O=C(CCn1ccc2ccccc21)N1CCN(CC(=O)N2CCc3ccccc32)CC1. The van der Waals surface area contributed by atoms with Crippen molar-refractivity contribution in [2.24, 2.45) is 0 Å². The molecule has 0 N–H and O–H groups in total. The summed E-state index contributed by atoms with van der Waals surface area (Å²) in [5.41, 5.74) is 3.47. The van der Waals surface area contributed by atoms with Crippen LogP contribution >= 0.6 is 0 Å². The van der Waals surface area contributed by atoms with E-state index in [1.54, 1.807) is 0 Å². The number of amides is 2. The maximum absolute atomic E-state index is 12.8. The summed E-state index contributed by atoms with van der Waals surface area (Å²) in [4.78, 5) is 31.6. The maximum Gasteiger partial charge on any atom is 0.241 e. The molecule has 3 aromatic rings. The Labute approximate surface area is 182 Å². The molecule has 5 rings (SSSR count). The number of carbonyl (C=O) groups is 2. The van der Waals surface area contributed by atoms with Gasteiger partial charge in [-0.25, -0.2) is 0 Å². The van der Waals surface area contributed by atoms with Crippen LogP contribution in [0.1, 0.15) is 12.0 Å². The lowest BCUT2D eigenvalue weighted by Crippen LogP contribution is -2.51. The fraction of sp³-hybridized carbons (Fsp3) is 0.360. The van der Waals surface area contributed by atoms with Crippen LogP contribution in [0.5, 0.6) is 0 Å². The zero-order chi connectivity index (χ0) is 21.2. The third-order valence-electron chi connectivity index (χ3n) is 6.52. The fourth-order valence-corrected chi connectivity index (χ4v) is 4.74. The lowest BCUT2D eigenvalue weighted by Gasteiger charge is -2.35. The second-order valence-electron chi connectivity index (χ2n) is 8.40. The van der Waals surface area contributed by atoms with Crippen molar-refractivity contribution >= 4 is 28.4 Å². The van der Waals surface area contributed by atoms with E-state index < -0.39 is 0 Å². The van der Waals surface area contributed by atoms with E-state index in [2.05, 4.69) is 39.9 Å². The first-order chi connectivity index (χ1) is 15.2. The third-order valence-corrected chi connectivity index (χ3v) is 6.52. The zero-order valence-electron chi connectivity index (χ0n) is 17.7. The van der Waals surface area contributed by atoms with Crippen LogP contribution in [0.3, 0.4) is 0 Å². The summed E-state index contributed by atoms with van der Waals surface area (Å²) < 4.78 is 2.15. The molecule has 2 aromatic carbocycles. The van der Waals surface area contributed by atoms with Crippen molar-refractivity contribution in [3.63, 3.8) is 0 Å². The van der Waals surface area contributed by atoms with Gasteiger partial charge in [0.25, 0.3) is 0 Å². The number of anilines is 1. The average Bonchev–Trinajstić information content (AvgIpc) is 3.42. The van der Waals surface area contributed by atoms with Crippen molar-refractivity contribution in [3.8, 4) is 0 Å². The Hall–Kier alpha value is -3.12. The molecule has 1 saturated heterocycles. The summed E-state index contributed by atoms with van der Waals surface area (Å²) in [5, 5.41) is 1.20. The van der Waals surface area contributed by atoms with Gasteiger partial charge < -0.3 is 14.4 Å². The number of nitrogens with zero attached hydrogens (tertiary/aromatic N) is 4. The van der Waals surface area contributed by atoms with E-state index in [0.29, 0.717) is 32.6 Å². The van der Waals surface area contributed by atoms with Crippen molar-refractivity contribution in [1.29, 1.82) is 0 Å². The highest BCUT2D eigenvalue weighted by Crippen LogP contribution is 2.27. The predicted molar refractivity (Wildman–Crippen MR) is 122 cm³/mol. The molecule has 6 heteroatoms. The molecule has 0 saturated carbocycles. The van der Waals surface area contributed by atoms with Crippen LogP contribution in [0.15, 0.2) is 60.8 Å². The molecular weight excluding hydrogens is 388 g/mol. The highest BCUT2D eigenvalue weighted by Gasteiger charge is 2.27. The van der Waals surface area contributed by atoms with Gasteiger partial charge in [-0.2, -0.15) is 0 Å². The van der Waals surface area contributed by atoms with Crippen molar-refractivity contribution < 1.29 is 9.59 Å². The van der Waals surface area contributed by atoms with E-state index in [1.807, 2.05) is 40.1 Å². The summed E-state index contributed by atoms with van der Waals surface area (Å²) in [6, 6.07) is 18.5. The van der Waals surface area contributed by atoms with Gasteiger partial charge in [0.05, 0.1) is 6.54 Å². The van der Waals surface area contributed by atoms with Gasteiger partial charge in [0.1, 0.15) is 0 Å². The minimum atomic E-state index is 0.157. The molecule has 0 radical (unpaired) electrons. The number of carbonyl (C=O) groups excluding carboxylic acids is 2. The molecule has 0 spiro atoms. The molecule has 31 heavy (non-hydrogen) atoms. The standard InChI is InChI=1S/C25H28N4O2/c30-24(11-13-27-12-9-20-5-1-3-7-22(20)27)28-17-15-26(16-18-28)19-25(31)29-14-10-21-6-2-4-8-23(21)29/h1-9,12H,10-11,13-19H2. The minimum absolute atomic E-state index is 0.157. The molecule has 0 unspecified atom stereocenters. The highest BCUT2D eigenvalue weighted by atomic mass is 16.2. The molecule has 3 heterocycles. The topological polar surface area (TPSA) is 48.8 Å². The predicted octanol–water partition coefficient (Wildman–Crippen LogP) is 2.76. The van der Waals surface area contributed by atoms with Gasteiger partial charge >= 0.3 is 0 Å². The summed E-state index contributed by atoms with van der Waals surface area (Å²) in [7, 11) is 0. The van der Waals surface area contributed by atoms with Crippen LogP contribution in [-0.2, 0) is 22.6 Å². The Kier molecular flexibility index (Phi) is 5.47. The molecule has 160 valence electrons. The molecule has 0 aliphatic carbocycles. The smallest absolute Gasteiger partial charge is 0.241 e. The maximum atomic E-state index is 12.8. The number of para-hydroxylation sites is 2. The molecule has 2 amide bonds.